The van der Waals surface area contributed by atoms with E-state index in [-0.39, 0.29) is 11.6 Å². The normalized spacial score (nSPS) is 10.7. The summed E-state index contributed by atoms with van der Waals surface area (Å²) in [6.07, 6.45) is 1.84. The van der Waals surface area contributed by atoms with Crippen molar-refractivity contribution in [1.82, 2.24) is 20.2 Å². The van der Waals surface area contributed by atoms with Gasteiger partial charge in [0.1, 0.15) is 11.5 Å². The summed E-state index contributed by atoms with van der Waals surface area (Å²) >= 11 is 5.85. The summed E-state index contributed by atoms with van der Waals surface area (Å²) in [6.45, 7) is 1.67. The molecule has 0 bridgehead atoms. The summed E-state index contributed by atoms with van der Waals surface area (Å²) in [4.78, 5) is 12.1. The van der Waals surface area contributed by atoms with Crippen LogP contribution >= 0.6 is 11.6 Å². The lowest BCUT2D eigenvalue weighted by Crippen LogP contribution is -2.12. The van der Waals surface area contributed by atoms with Crippen molar-refractivity contribution >= 4 is 23.2 Å². The van der Waals surface area contributed by atoms with E-state index < -0.39 is 5.82 Å². The number of aromatic nitrogens is 4. The highest BCUT2D eigenvalue weighted by molar-refractivity contribution is 6.30. The summed E-state index contributed by atoms with van der Waals surface area (Å²) in [5, 5.41) is 14.5. The molecule has 0 fully saturated rings. The second-order valence-electron chi connectivity index (χ2n) is 5.83. The van der Waals surface area contributed by atoms with Gasteiger partial charge < -0.3 is 5.32 Å². The minimum absolute atomic E-state index is 0.134. The molecule has 134 valence electrons. The molecule has 0 spiro atoms. The monoisotopic (exact) mass is 373 g/mol. The topological polar surface area (TPSA) is 72.7 Å². The molecule has 3 rings (SSSR count). The number of rotatable bonds is 6. The minimum Gasteiger partial charge on any atom is -0.326 e. The largest absolute Gasteiger partial charge is 0.326 e. The number of halogens is 2. The number of nitrogens with zero attached hydrogens (tertiary/aromatic N) is 4. The Kier molecular flexibility index (Phi) is 5.58. The number of hydrogen-bond acceptors (Lipinski definition) is 4. The van der Waals surface area contributed by atoms with Gasteiger partial charge in [0.2, 0.25) is 5.91 Å². The van der Waals surface area contributed by atoms with E-state index >= 15 is 0 Å². The molecule has 2 aromatic carbocycles. The lowest BCUT2D eigenvalue weighted by atomic mass is 10.1. The SMILES string of the molecule is Cc1nnnn1-c1cc(NC(=O)CCCc2ccc(Cl)cc2)ccc1F. The molecule has 1 N–H and O–H groups in total. The molecule has 1 heterocycles. The smallest absolute Gasteiger partial charge is 0.224 e. The van der Waals surface area contributed by atoms with Gasteiger partial charge >= 0.3 is 0 Å². The first-order chi connectivity index (χ1) is 12.5. The van der Waals surface area contributed by atoms with E-state index in [0.29, 0.717) is 29.4 Å². The first-order valence-corrected chi connectivity index (χ1v) is 8.50. The highest BCUT2D eigenvalue weighted by Crippen LogP contribution is 2.19. The van der Waals surface area contributed by atoms with E-state index in [4.69, 9.17) is 11.6 Å². The van der Waals surface area contributed by atoms with Crippen molar-refractivity contribution in [1.29, 1.82) is 0 Å². The van der Waals surface area contributed by atoms with Crippen LogP contribution in [0.3, 0.4) is 0 Å². The van der Waals surface area contributed by atoms with Crippen LogP contribution in [-0.2, 0) is 11.2 Å². The van der Waals surface area contributed by atoms with Crippen LogP contribution in [0.4, 0.5) is 10.1 Å². The third-order valence-electron chi connectivity index (χ3n) is 3.87. The first kappa shape index (κ1) is 18.0. The second kappa shape index (κ2) is 8.05. The predicted molar refractivity (Wildman–Crippen MR) is 96.9 cm³/mol. The van der Waals surface area contributed by atoms with Crippen molar-refractivity contribution in [3.05, 3.63) is 64.7 Å². The predicted octanol–water partition coefficient (Wildman–Crippen LogP) is 3.72. The zero-order valence-corrected chi connectivity index (χ0v) is 14.9. The molecule has 26 heavy (non-hydrogen) atoms. The molecular weight excluding hydrogens is 357 g/mol. The summed E-state index contributed by atoms with van der Waals surface area (Å²) in [5.74, 6) is -0.151. The average Bonchev–Trinajstić information content (AvgIpc) is 3.04. The van der Waals surface area contributed by atoms with Gasteiger partial charge in [-0.25, -0.2) is 4.39 Å². The maximum absolute atomic E-state index is 14.0. The number of aryl methyl sites for hydroxylation is 2. The molecular formula is C18H17ClFN5O. The first-order valence-electron chi connectivity index (χ1n) is 8.12. The zero-order chi connectivity index (χ0) is 18.5. The molecule has 0 radical (unpaired) electrons. The number of nitrogens with one attached hydrogen (secondary N) is 1. The Morgan fingerprint density at radius 3 is 2.69 bits per heavy atom. The quantitative estimate of drug-likeness (QED) is 0.714. The van der Waals surface area contributed by atoms with Crippen LogP contribution < -0.4 is 5.32 Å². The second-order valence-corrected chi connectivity index (χ2v) is 6.27. The number of carbonyl (C=O) groups excluding carboxylic acids is 1. The van der Waals surface area contributed by atoms with Gasteiger partial charge in [0.25, 0.3) is 0 Å². The molecule has 3 aromatic rings. The van der Waals surface area contributed by atoms with Crippen molar-refractivity contribution in [3.63, 3.8) is 0 Å². The summed E-state index contributed by atoms with van der Waals surface area (Å²) in [5.41, 5.74) is 1.81. The van der Waals surface area contributed by atoms with Gasteiger partial charge in [-0.2, -0.15) is 4.68 Å². The van der Waals surface area contributed by atoms with Gasteiger partial charge in [-0.15, -0.1) is 5.10 Å². The number of amides is 1. The summed E-state index contributed by atoms with van der Waals surface area (Å²) < 4.78 is 15.3. The fraction of sp³-hybridized carbons (Fsp3) is 0.222. The fourth-order valence-corrected chi connectivity index (χ4v) is 2.66. The molecule has 1 amide bonds. The average molecular weight is 374 g/mol. The Hall–Kier alpha value is -2.80. The van der Waals surface area contributed by atoms with Crippen LogP contribution in [0.1, 0.15) is 24.2 Å². The molecule has 0 unspecified atom stereocenters. The third-order valence-corrected chi connectivity index (χ3v) is 4.12. The Morgan fingerprint density at radius 2 is 2.00 bits per heavy atom. The van der Waals surface area contributed by atoms with Crippen LogP contribution in [0.2, 0.25) is 5.02 Å². The number of tetrazole rings is 1. The Labute approximate surface area is 155 Å². The van der Waals surface area contributed by atoms with Crippen molar-refractivity contribution < 1.29 is 9.18 Å². The fourth-order valence-electron chi connectivity index (χ4n) is 2.53. The van der Waals surface area contributed by atoms with Crippen LogP contribution in [0.25, 0.3) is 5.69 Å². The lowest BCUT2D eigenvalue weighted by molar-refractivity contribution is -0.116. The van der Waals surface area contributed by atoms with E-state index in [1.807, 2.05) is 24.3 Å². The lowest BCUT2D eigenvalue weighted by Gasteiger charge is -2.09. The molecule has 0 saturated heterocycles. The number of hydrogen-bond donors (Lipinski definition) is 1. The van der Waals surface area contributed by atoms with E-state index in [1.54, 1.807) is 6.92 Å². The van der Waals surface area contributed by atoms with E-state index in [9.17, 15) is 9.18 Å². The van der Waals surface area contributed by atoms with E-state index in [2.05, 4.69) is 20.8 Å². The van der Waals surface area contributed by atoms with Crippen LogP contribution in [0.5, 0.6) is 0 Å². The van der Waals surface area contributed by atoms with Crippen molar-refractivity contribution in [2.24, 2.45) is 0 Å². The highest BCUT2D eigenvalue weighted by atomic mass is 35.5. The van der Waals surface area contributed by atoms with Gasteiger partial charge in [-0.05, 0) is 66.1 Å². The standard InChI is InChI=1S/C18H17ClFN5O/c1-12-22-23-24-25(12)17-11-15(9-10-16(17)20)21-18(26)4-2-3-13-5-7-14(19)8-6-13/h5-11H,2-4H2,1H3,(H,21,26). The van der Waals surface area contributed by atoms with Crippen LogP contribution in [0.15, 0.2) is 42.5 Å². The van der Waals surface area contributed by atoms with E-state index in [1.165, 1.54) is 22.9 Å². The Balaban J connectivity index is 1.59. The maximum atomic E-state index is 14.0. The van der Waals surface area contributed by atoms with Gasteiger partial charge in [-0.1, -0.05) is 23.7 Å². The van der Waals surface area contributed by atoms with Crippen LogP contribution in [0, 0.1) is 12.7 Å². The van der Waals surface area contributed by atoms with Gasteiger partial charge in [0, 0.05) is 17.1 Å². The molecule has 0 atom stereocenters. The third kappa shape index (κ3) is 4.43. The zero-order valence-electron chi connectivity index (χ0n) is 14.1. The molecule has 6 nitrogen and oxygen atoms in total. The molecule has 0 aliphatic carbocycles. The number of benzene rings is 2. The van der Waals surface area contributed by atoms with Gasteiger partial charge in [-0.3, -0.25) is 4.79 Å². The van der Waals surface area contributed by atoms with Crippen molar-refractivity contribution in [2.45, 2.75) is 26.2 Å². The van der Waals surface area contributed by atoms with Crippen LogP contribution in [-0.4, -0.2) is 26.1 Å². The van der Waals surface area contributed by atoms with Crippen molar-refractivity contribution in [2.75, 3.05) is 5.32 Å². The maximum Gasteiger partial charge on any atom is 0.224 e. The number of carbonyl (C=O) groups is 1. The van der Waals surface area contributed by atoms with Gasteiger partial charge in [0.05, 0.1) is 0 Å². The molecule has 8 heteroatoms. The van der Waals surface area contributed by atoms with E-state index in [0.717, 1.165) is 12.0 Å². The minimum atomic E-state index is -0.471. The van der Waals surface area contributed by atoms with Gasteiger partial charge in [0.15, 0.2) is 5.82 Å². The summed E-state index contributed by atoms with van der Waals surface area (Å²) in [7, 11) is 0. The molecule has 0 aliphatic heterocycles. The summed E-state index contributed by atoms with van der Waals surface area (Å²) in [6, 6.07) is 11.9. The Bertz CT molecular complexity index is 910. The number of anilines is 1. The van der Waals surface area contributed by atoms with Crippen molar-refractivity contribution in [3.8, 4) is 5.69 Å². The highest BCUT2D eigenvalue weighted by Gasteiger charge is 2.11. The molecule has 0 aliphatic rings. The molecule has 1 aromatic heterocycles. The Morgan fingerprint density at radius 1 is 1.23 bits per heavy atom. The molecule has 0 saturated carbocycles.